The summed E-state index contributed by atoms with van der Waals surface area (Å²) < 4.78 is 0.716. The minimum atomic E-state index is -1.21. The molecule has 1 unspecified atom stereocenters. The maximum absolute atomic E-state index is 13.2. The average molecular weight is 488 g/mol. The number of anilines is 1. The number of aliphatic carboxylic acids is 1. The monoisotopic (exact) mass is 487 g/mol. The van der Waals surface area contributed by atoms with Crippen molar-refractivity contribution in [2.45, 2.75) is 12.5 Å². The van der Waals surface area contributed by atoms with Crippen molar-refractivity contribution in [3.05, 3.63) is 69.8 Å². The lowest BCUT2D eigenvalue weighted by Gasteiger charge is -2.22. The predicted molar refractivity (Wildman–Crippen MR) is 121 cm³/mol. The van der Waals surface area contributed by atoms with Gasteiger partial charge in [-0.25, -0.2) is 4.79 Å². The molecule has 1 heterocycles. The van der Waals surface area contributed by atoms with Gasteiger partial charge in [-0.05, 0) is 36.0 Å². The second kappa shape index (κ2) is 9.19. The van der Waals surface area contributed by atoms with Crippen molar-refractivity contribution in [3.63, 3.8) is 0 Å². The average Bonchev–Trinajstić information content (AvgIpc) is 3.01. The quantitative estimate of drug-likeness (QED) is 0.313. The number of hydrogen-bond acceptors (Lipinski definition) is 5. The Labute approximate surface area is 186 Å². The zero-order valence-electron chi connectivity index (χ0n) is 15.9. The maximum Gasteiger partial charge on any atom is 0.327 e. The lowest BCUT2D eigenvalue weighted by molar-refractivity contribution is -0.145. The zero-order valence-corrected chi connectivity index (χ0v) is 18.3. The first kappa shape index (κ1) is 21.7. The lowest BCUT2D eigenvalue weighted by Crippen LogP contribution is -2.46. The van der Waals surface area contributed by atoms with Crippen molar-refractivity contribution in [1.82, 2.24) is 10.2 Å². The molecule has 1 amide bonds. The first-order chi connectivity index (χ1) is 14.4. The van der Waals surface area contributed by atoms with Gasteiger partial charge < -0.3 is 15.7 Å². The lowest BCUT2D eigenvalue weighted by atomic mass is 10.0. The Morgan fingerprint density at radius 1 is 1.30 bits per heavy atom. The Balaban J connectivity index is 2.04. The molecule has 1 fully saturated rings. The molecular weight excluding hydrogens is 470 g/mol. The predicted octanol–water partition coefficient (Wildman–Crippen LogP) is 2.81. The van der Waals surface area contributed by atoms with Crippen molar-refractivity contribution in [1.29, 1.82) is 0 Å². The standard InChI is InChI=1S/C21H18BrN3O4S/c1-23-16-8-7-13(22)10-14(16)15(11-26)18-19(27)25(21(30)24-18)17(20(28)29)9-12-5-3-2-4-6-12/h2-8,10-11,17,23H,9H2,1H3,(H,24,30)(H,28,29)/b18-15+. The van der Waals surface area contributed by atoms with E-state index in [4.69, 9.17) is 12.2 Å². The number of nitrogens with one attached hydrogen (secondary N) is 2. The van der Waals surface area contributed by atoms with Gasteiger partial charge in [0.15, 0.2) is 11.4 Å². The minimum Gasteiger partial charge on any atom is -0.480 e. The van der Waals surface area contributed by atoms with Gasteiger partial charge in [-0.2, -0.15) is 0 Å². The smallest absolute Gasteiger partial charge is 0.327 e. The summed E-state index contributed by atoms with van der Waals surface area (Å²) in [4.78, 5) is 38.1. The third kappa shape index (κ3) is 4.27. The molecule has 7 nitrogen and oxygen atoms in total. The molecule has 30 heavy (non-hydrogen) atoms. The van der Waals surface area contributed by atoms with E-state index >= 15 is 0 Å². The van der Waals surface area contributed by atoms with Gasteiger partial charge in [0.25, 0.3) is 5.91 Å². The number of carbonyl (C=O) groups is 3. The highest BCUT2D eigenvalue weighted by Crippen LogP contribution is 2.30. The number of amides is 1. The van der Waals surface area contributed by atoms with Crippen molar-refractivity contribution in [2.24, 2.45) is 0 Å². The molecule has 2 aromatic carbocycles. The van der Waals surface area contributed by atoms with Crippen LogP contribution in [-0.2, 0) is 20.8 Å². The fourth-order valence-electron chi connectivity index (χ4n) is 3.24. The highest BCUT2D eigenvalue weighted by atomic mass is 79.9. The fraction of sp³-hybridized carbons (Fsp3) is 0.143. The number of allylic oxidation sites excluding steroid dienone is 1. The van der Waals surface area contributed by atoms with E-state index in [2.05, 4.69) is 26.6 Å². The molecule has 154 valence electrons. The Morgan fingerprint density at radius 2 is 2.00 bits per heavy atom. The van der Waals surface area contributed by atoms with Crippen LogP contribution in [0.25, 0.3) is 5.57 Å². The molecule has 3 N–H and O–H groups in total. The highest BCUT2D eigenvalue weighted by molar-refractivity contribution is 9.10. The molecule has 0 bridgehead atoms. The second-order valence-electron chi connectivity index (χ2n) is 6.50. The molecular formula is C21H18BrN3O4S. The van der Waals surface area contributed by atoms with Crippen molar-refractivity contribution >= 4 is 62.7 Å². The van der Waals surface area contributed by atoms with Crippen LogP contribution in [0.1, 0.15) is 11.1 Å². The van der Waals surface area contributed by atoms with Crippen molar-refractivity contribution in [3.8, 4) is 0 Å². The van der Waals surface area contributed by atoms with E-state index in [1.807, 2.05) is 6.07 Å². The summed E-state index contributed by atoms with van der Waals surface area (Å²) in [6.45, 7) is 0. The van der Waals surface area contributed by atoms with Gasteiger partial charge in [-0.3, -0.25) is 14.5 Å². The molecule has 2 aromatic rings. The van der Waals surface area contributed by atoms with Gasteiger partial charge in [0, 0.05) is 29.2 Å². The summed E-state index contributed by atoms with van der Waals surface area (Å²) in [5.41, 5.74) is 1.89. The normalized spacial score (nSPS) is 16.1. The van der Waals surface area contributed by atoms with E-state index < -0.39 is 17.9 Å². The number of hydrogen-bond donors (Lipinski definition) is 3. The molecule has 1 atom stereocenters. The van der Waals surface area contributed by atoms with E-state index in [1.165, 1.54) is 0 Å². The largest absolute Gasteiger partial charge is 0.480 e. The maximum atomic E-state index is 13.2. The molecule has 1 saturated heterocycles. The van der Waals surface area contributed by atoms with Crippen LogP contribution in [0.4, 0.5) is 5.69 Å². The zero-order chi connectivity index (χ0) is 21.8. The molecule has 1 aliphatic heterocycles. The summed E-state index contributed by atoms with van der Waals surface area (Å²) in [5, 5.41) is 15.4. The van der Waals surface area contributed by atoms with Gasteiger partial charge in [-0.1, -0.05) is 46.3 Å². The SMILES string of the molecule is CNc1ccc(Br)cc1/C(C=O)=C1/NC(=S)N(C(Cc2ccccc2)C(=O)O)C1=O. The number of carbonyl (C=O) groups excluding carboxylic acids is 2. The van der Waals surface area contributed by atoms with Crippen molar-refractivity contribution in [2.75, 3.05) is 12.4 Å². The Morgan fingerprint density at radius 3 is 2.60 bits per heavy atom. The third-order valence-electron chi connectivity index (χ3n) is 4.68. The van der Waals surface area contributed by atoms with E-state index in [0.29, 0.717) is 22.0 Å². The molecule has 1 aliphatic rings. The van der Waals surface area contributed by atoms with Gasteiger partial charge in [0.1, 0.15) is 11.7 Å². The van der Waals surface area contributed by atoms with Crippen LogP contribution in [0.2, 0.25) is 0 Å². The summed E-state index contributed by atoms with van der Waals surface area (Å²) in [6.07, 6.45) is 0.633. The van der Waals surface area contributed by atoms with Crippen LogP contribution in [0.5, 0.6) is 0 Å². The van der Waals surface area contributed by atoms with Gasteiger partial charge in [-0.15, -0.1) is 0 Å². The second-order valence-corrected chi connectivity index (χ2v) is 7.80. The number of rotatable bonds is 7. The molecule has 0 aromatic heterocycles. The van der Waals surface area contributed by atoms with Crippen LogP contribution in [0.3, 0.4) is 0 Å². The van der Waals surface area contributed by atoms with Crippen LogP contribution in [-0.4, -0.2) is 46.4 Å². The van der Waals surface area contributed by atoms with Crippen LogP contribution >= 0.6 is 28.1 Å². The number of benzene rings is 2. The Kier molecular flexibility index (Phi) is 6.63. The van der Waals surface area contributed by atoms with E-state index in [9.17, 15) is 19.5 Å². The summed E-state index contributed by atoms with van der Waals surface area (Å²) >= 11 is 8.63. The number of nitrogens with zero attached hydrogens (tertiary/aromatic N) is 1. The van der Waals surface area contributed by atoms with Crippen LogP contribution < -0.4 is 10.6 Å². The number of aldehydes is 1. The molecule has 0 radical (unpaired) electrons. The van der Waals surface area contributed by atoms with Gasteiger partial charge >= 0.3 is 5.97 Å². The number of carboxylic acid groups (broad SMARTS) is 1. The summed E-state index contributed by atoms with van der Waals surface area (Å²) in [7, 11) is 1.70. The molecule has 9 heteroatoms. The topological polar surface area (TPSA) is 98.7 Å². The molecule has 0 spiro atoms. The highest BCUT2D eigenvalue weighted by Gasteiger charge is 2.41. The Bertz CT molecular complexity index is 1060. The van der Waals surface area contributed by atoms with Crippen LogP contribution in [0.15, 0.2) is 58.7 Å². The van der Waals surface area contributed by atoms with Crippen molar-refractivity contribution < 1.29 is 19.5 Å². The summed E-state index contributed by atoms with van der Waals surface area (Å²) in [6, 6.07) is 13.0. The molecule has 0 saturated carbocycles. The van der Waals surface area contributed by atoms with E-state index in [1.54, 1.807) is 49.5 Å². The van der Waals surface area contributed by atoms with Crippen LogP contribution in [0, 0.1) is 0 Å². The molecule has 3 rings (SSSR count). The number of carboxylic acids is 1. The van der Waals surface area contributed by atoms with Gasteiger partial charge in [0.05, 0.1) is 5.57 Å². The minimum absolute atomic E-state index is 0.0519. The third-order valence-corrected chi connectivity index (χ3v) is 5.47. The Hall–Kier alpha value is -3.04. The fourth-order valence-corrected chi connectivity index (χ4v) is 3.91. The molecule has 0 aliphatic carbocycles. The van der Waals surface area contributed by atoms with Gasteiger partial charge in [0.2, 0.25) is 0 Å². The number of halogens is 1. The first-order valence-electron chi connectivity index (χ1n) is 8.95. The van der Waals surface area contributed by atoms with E-state index in [0.717, 1.165) is 10.5 Å². The van der Waals surface area contributed by atoms with E-state index in [-0.39, 0.29) is 22.8 Å². The first-order valence-corrected chi connectivity index (χ1v) is 10.2. The summed E-state index contributed by atoms with van der Waals surface area (Å²) in [5.74, 6) is -1.85. The number of thiocarbonyl (C=S) groups is 1.